The molecular formula is C16H14N2O5S. The third-order valence-electron chi connectivity index (χ3n) is 3.60. The molecule has 0 radical (unpaired) electrons. The predicted octanol–water partition coefficient (Wildman–Crippen LogP) is 1.28. The quantitative estimate of drug-likeness (QED) is 0.498. The number of esters is 1. The van der Waals surface area contributed by atoms with E-state index in [1.54, 1.807) is 24.4 Å². The van der Waals surface area contributed by atoms with E-state index < -0.39 is 11.9 Å². The van der Waals surface area contributed by atoms with Crippen molar-refractivity contribution in [3.05, 3.63) is 46.9 Å². The number of thioether (sulfide) groups is 1. The summed E-state index contributed by atoms with van der Waals surface area (Å²) in [6.45, 7) is 1.13. The summed E-state index contributed by atoms with van der Waals surface area (Å²) in [6, 6.07) is 5.36. The van der Waals surface area contributed by atoms with E-state index in [0.717, 1.165) is 0 Å². The van der Waals surface area contributed by atoms with Gasteiger partial charge in [-0.05, 0) is 18.2 Å². The van der Waals surface area contributed by atoms with Gasteiger partial charge in [0.2, 0.25) is 0 Å². The first kappa shape index (κ1) is 16.3. The molecule has 0 unspecified atom stereocenters. The monoisotopic (exact) mass is 346 g/mol. The van der Waals surface area contributed by atoms with Crippen molar-refractivity contribution >= 4 is 35.7 Å². The Bertz CT molecular complexity index is 772. The molecule has 8 heteroatoms. The molecule has 1 amide bonds. The maximum Gasteiger partial charge on any atom is 0.352 e. The number of β-lactam (4-membered cyclic amide) rings is 1. The summed E-state index contributed by atoms with van der Waals surface area (Å²) in [7, 11) is 0. The van der Waals surface area contributed by atoms with Crippen molar-refractivity contribution in [2.45, 2.75) is 12.3 Å². The second-order valence-corrected chi connectivity index (χ2v) is 6.30. The van der Waals surface area contributed by atoms with Crippen molar-refractivity contribution in [3.8, 4) is 0 Å². The molecule has 1 N–H and O–H groups in total. The molecule has 0 saturated carbocycles. The molecule has 1 fully saturated rings. The molecule has 1 atom stereocenters. The van der Waals surface area contributed by atoms with Crippen LogP contribution in [0.25, 0.3) is 6.08 Å². The summed E-state index contributed by atoms with van der Waals surface area (Å²) in [5.41, 5.74) is 1.49. The Labute approximate surface area is 142 Å². The molecule has 1 aromatic rings. The fraction of sp³-hybridized carbons (Fsp3) is 0.250. The molecule has 1 aromatic heterocycles. The molecule has 3 heterocycles. The van der Waals surface area contributed by atoms with Gasteiger partial charge in [0.15, 0.2) is 0 Å². The zero-order chi connectivity index (χ0) is 17.3. The topological polar surface area (TPSA) is 96.8 Å². The molecule has 0 aromatic carbocycles. The largest absolute Gasteiger partial charge is 0.477 e. The Morgan fingerprint density at radius 3 is 2.92 bits per heavy atom. The van der Waals surface area contributed by atoms with Gasteiger partial charge in [-0.3, -0.25) is 19.5 Å². The van der Waals surface area contributed by atoms with E-state index in [1.165, 1.54) is 23.6 Å². The summed E-state index contributed by atoms with van der Waals surface area (Å²) in [4.78, 5) is 40.3. The van der Waals surface area contributed by atoms with E-state index in [4.69, 9.17) is 4.74 Å². The second kappa shape index (κ2) is 6.48. The smallest absolute Gasteiger partial charge is 0.352 e. The van der Waals surface area contributed by atoms with Gasteiger partial charge >= 0.3 is 11.9 Å². The molecule has 124 valence electrons. The molecule has 0 aliphatic carbocycles. The van der Waals surface area contributed by atoms with Crippen molar-refractivity contribution < 1.29 is 24.2 Å². The highest BCUT2D eigenvalue weighted by Crippen LogP contribution is 2.44. The maximum absolute atomic E-state index is 12.4. The van der Waals surface area contributed by atoms with Crippen LogP contribution in [0.4, 0.5) is 0 Å². The van der Waals surface area contributed by atoms with Crippen molar-refractivity contribution in [1.82, 2.24) is 9.88 Å². The van der Waals surface area contributed by atoms with Gasteiger partial charge in [-0.2, -0.15) is 0 Å². The number of fused-ring (bicyclic) bond motifs is 1. The van der Waals surface area contributed by atoms with Crippen LogP contribution in [0.3, 0.4) is 0 Å². The maximum atomic E-state index is 12.4. The van der Waals surface area contributed by atoms with Crippen LogP contribution >= 0.6 is 11.8 Å². The van der Waals surface area contributed by atoms with Crippen molar-refractivity contribution in [2.75, 3.05) is 12.4 Å². The molecular weight excluding hydrogens is 332 g/mol. The number of pyridine rings is 1. The number of amides is 1. The second-order valence-electron chi connectivity index (χ2n) is 5.23. The predicted molar refractivity (Wildman–Crippen MR) is 86.6 cm³/mol. The fourth-order valence-electron chi connectivity index (χ4n) is 2.53. The Morgan fingerprint density at radius 2 is 2.29 bits per heavy atom. The van der Waals surface area contributed by atoms with E-state index in [9.17, 15) is 19.5 Å². The first-order valence-corrected chi connectivity index (χ1v) is 8.20. The Kier molecular flexibility index (Phi) is 4.39. The standard InChI is InChI=1S/C16H14N2O5S/c1-9(19)23-7-10-8-24-15-12(6-11-4-2-3-5-17-11)14(20)18(15)13(10)16(21)22/h2-6,15H,7-8H2,1H3,(H,21,22)/b12-6-/t15-/m1/s1. The minimum atomic E-state index is -1.20. The number of nitrogens with zero attached hydrogens (tertiary/aromatic N) is 2. The minimum Gasteiger partial charge on any atom is -0.477 e. The SMILES string of the molecule is CC(=O)OCC1=C(C(=O)O)N2C(=O)/C(=C/c3ccccn3)[C@H]2SC1. The number of carboxylic acids is 1. The van der Waals surface area contributed by atoms with Crippen LogP contribution in [0, 0.1) is 0 Å². The highest BCUT2D eigenvalue weighted by molar-refractivity contribution is 8.00. The van der Waals surface area contributed by atoms with Crippen molar-refractivity contribution in [1.29, 1.82) is 0 Å². The van der Waals surface area contributed by atoms with E-state index in [0.29, 0.717) is 22.6 Å². The van der Waals surface area contributed by atoms with Crippen molar-refractivity contribution in [3.63, 3.8) is 0 Å². The summed E-state index contributed by atoms with van der Waals surface area (Å²) in [5.74, 6) is -1.68. The van der Waals surface area contributed by atoms with Gasteiger partial charge in [-0.1, -0.05) is 6.07 Å². The van der Waals surface area contributed by atoms with Crippen LogP contribution in [0.15, 0.2) is 41.2 Å². The van der Waals surface area contributed by atoms with Crippen LogP contribution in [-0.4, -0.2) is 50.6 Å². The van der Waals surface area contributed by atoms with E-state index in [2.05, 4.69) is 4.98 Å². The lowest BCUT2D eigenvalue weighted by molar-refractivity contribution is -0.142. The fourth-order valence-corrected chi connectivity index (χ4v) is 3.81. The summed E-state index contributed by atoms with van der Waals surface area (Å²) >= 11 is 1.42. The van der Waals surface area contributed by atoms with Gasteiger partial charge in [0.1, 0.15) is 17.7 Å². The number of rotatable bonds is 4. The minimum absolute atomic E-state index is 0.0943. The van der Waals surface area contributed by atoms with Gasteiger partial charge in [0.25, 0.3) is 5.91 Å². The molecule has 1 saturated heterocycles. The molecule has 2 aliphatic heterocycles. The van der Waals surface area contributed by atoms with Gasteiger partial charge in [-0.15, -0.1) is 11.8 Å². The molecule has 7 nitrogen and oxygen atoms in total. The third-order valence-corrected chi connectivity index (χ3v) is 4.90. The summed E-state index contributed by atoms with van der Waals surface area (Å²) < 4.78 is 4.89. The van der Waals surface area contributed by atoms with Crippen LogP contribution < -0.4 is 0 Å². The Balaban J connectivity index is 1.88. The highest BCUT2D eigenvalue weighted by atomic mass is 32.2. The number of ether oxygens (including phenoxy) is 1. The number of carboxylic acid groups (broad SMARTS) is 1. The van der Waals surface area contributed by atoms with Gasteiger partial charge < -0.3 is 9.84 Å². The third kappa shape index (κ3) is 2.92. The lowest BCUT2D eigenvalue weighted by Crippen LogP contribution is -2.56. The zero-order valence-corrected chi connectivity index (χ0v) is 13.6. The average molecular weight is 346 g/mol. The number of carbonyl (C=O) groups is 3. The Morgan fingerprint density at radius 1 is 1.50 bits per heavy atom. The van der Waals surface area contributed by atoms with E-state index >= 15 is 0 Å². The zero-order valence-electron chi connectivity index (χ0n) is 12.8. The lowest BCUT2D eigenvalue weighted by Gasteiger charge is -2.45. The van der Waals surface area contributed by atoms with Gasteiger partial charge in [0.05, 0.1) is 11.3 Å². The summed E-state index contributed by atoms with van der Waals surface area (Å²) in [5, 5.41) is 9.10. The number of hydrogen-bond donors (Lipinski definition) is 1. The number of aliphatic carboxylic acids is 1. The average Bonchev–Trinajstić information content (AvgIpc) is 2.57. The first-order valence-electron chi connectivity index (χ1n) is 7.15. The number of carbonyl (C=O) groups excluding carboxylic acids is 2. The van der Waals surface area contributed by atoms with Crippen LogP contribution in [-0.2, 0) is 19.1 Å². The number of aromatic nitrogens is 1. The first-order chi connectivity index (χ1) is 11.5. The summed E-state index contributed by atoms with van der Waals surface area (Å²) in [6.07, 6.45) is 3.30. The molecule has 0 bridgehead atoms. The van der Waals surface area contributed by atoms with Gasteiger partial charge in [-0.25, -0.2) is 4.79 Å². The highest BCUT2D eigenvalue weighted by Gasteiger charge is 2.49. The van der Waals surface area contributed by atoms with Gasteiger partial charge in [0, 0.05) is 24.4 Å². The molecule has 2 aliphatic rings. The van der Waals surface area contributed by atoms with Crippen LogP contribution in [0.1, 0.15) is 12.6 Å². The van der Waals surface area contributed by atoms with E-state index in [-0.39, 0.29) is 23.6 Å². The molecule has 3 rings (SSSR count). The van der Waals surface area contributed by atoms with Crippen molar-refractivity contribution in [2.24, 2.45) is 0 Å². The van der Waals surface area contributed by atoms with E-state index in [1.807, 2.05) is 6.07 Å². The molecule has 0 spiro atoms. The molecule has 24 heavy (non-hydrogen) atoms. The number of hydrogen-bond acceptors (Lipinski definition) is 6. The normalized spacial score (nSPS) is 21.4. The van der Waals surface area contributed by atoms with Crippen LogP contribution in [0.2, 0.25) is 0 Å². The lowest BCUT2D eigenvalue weighted by atomic mass is 10.0. The Hall–Kier alpha value is -2.61. The van der Waals surface area contributed by atoms with Crippen LogP contribution in [0.5, 0.6) is 0 Å².